The van der Waals surface area contributed by atoms with E-state index in [4.69, 9.17) is 4.74 Å². The van der Waals surface area contributed by atoms with E-state index in [9.17, 15) is 19.7 Å². The van der Waals surface area contributed by atoms with Gasteiger partial charge in [0.2, 0.25) is 5.75 Å². The van der Waals surface area contributed by atoms with Crippen LogP contribution in [0.15, 0.2) is 12.1 Å². The number of nitro benzene ring substituents is 1. The second-order valence-electron chi connectivity index (χ2n) is 3.24. The van der Waals surface area contributed by atoms with Crippen LogP contribution in [0.1, 0.15) is 34.6 Å². The van der Waals surface area contributed by atoms with Crippen LogP contribution >= 0.6 is 0 Å². The summed E-state index contributed by atoms with van der Waals surface area (Å²) >= 11 is 0. The average Bonchev–Trinajstić information content (AvgIpc) is 2.27. The van der Waals surface area contributed by atoms with Crippen LogP contribution in [0.5, 0.6) is 5.75 Å². The molecule has 0 aromatic heterocycles. The Bertz CT molecular complexity index is 481. The predicted molar refractivity (Wildman–Crippen MR) is 59.7 cm³/mol. The fourth-order valence-corrected chi connectivity index (χ4v) is 1.48. The van der Waals surface area contributed by atoms with Crippen LogP contribution in [0.4, 0.5) is 5.69 Å². The predicted octanol–water partition coefficient (Wildman–Crippen LogP) is 2.01. The third-order valence-corrected chi connectivity index (χ3v) is 2.13. The van der Waals surface area contributed by atoms with E-state index in [1.165, 1.54) is 13.0 Å². The maximum atomic E-state index is 11.4. The summed E-state index contributed by atoms with van der Waals surface area (Å²) in [5, 5.41) is 10.8. The van der Waals surface area contributed by atoms with Gasteiger partial charge in [0.05, 0.1) is 17.1 Å². The van der Waals surface area contributed by atoms with E-state index in [-0.39, 0.29) is 29.2 Å². The maximum absolute atomic E-state index is 11.4. The summed E-state index contributed by atoms with van der Waals surface area (Å²) in [6, 6.07) is 2.39. The minimum atomic E-state index is -0.647. The summed E-state index contributed by atoms with van der Waals surface area (Å²) in [4.78, 5) is 32.4. The van der Waals surface area contributed by atoms with Crippen LogP contribution < -0.4 is 4.74 Å². The van der Waals surface area contributed by atoms with Crippen LogP contribution in [-0.4, -0.2) is 23.6 Å². The Kier molecular flexibility index (Phi) is 3.92. The molecule has 0 aliphatic carbocycles. The molecule has 0 unspecified atom stereocenters. The minimum Gasteiger partial charge on any atom is -0.487 e. The van der Waals surface area contributed by atoms with Gasteiger partial charge >= 0.3 is 5.69 Å². The van der Waals surface area contributed by atoms with Crippen molar-refractivity contribution in [3.8, 4) is 5.75 Å². The molecule has 6 nitrogen and oxygen atoms in total. The molecule has 0 atom stereocenters. The Morgan fingerprint density at radius 1 is 1.53 bits per heavy atom. The van der Waals surface area contributed by atoms with Crippen molar-refractivity contribution in [1.82, 2.24) is 0 Å². The number of Topliss-reactive ketones (excluding diaryl/α,β-unsaturated/α-hetero) is 1. The number of ketones is 1. The van der Waals surface area contributed by atoms with Crippen LogP contribution in [0, 0.1) is 10.1 Å². The lowest BCUT2D eigenvalue weighted by Crippen LogP contribution is -2.07. The summed E-state index contributed by atoms with van der Waals surface area (Å²) < 4.78 is 5.11. The van der Waals surface area contributed by atoms with E-state index in [2.05, 4.69) is 0 Å². The van der Waals surface area contributed by atoms with Crippen LogP contribution in [-0.2, 0) is 0 Å². The molecule has 0 N–H and O–H groups in total. The Balaban J connectivity index is 3.58. The molecule has 0 saturated heterocycles. The Morgan fingerprint density at radius 3 is 2.59 bits per heavy atom. The highest BCUT2D eigenvalue weighted by molar-refractivity contribution is 6.05. The topological polar surface area (TPSA) is 86.5 Å². The van der Waals surface area contributed by atoms with Gasteiger partial charge in [-0.05, 0) is 19.9 Å². The molecule has 90 valence electrons. The molecule has 0 radical (unpaired) electrons. The van der Waals surface area contributed by atoms with E-state index in [0.29, 0.717) is 6.29 Å². The van der Waals surface area contributed by atoms with E-state index >= 15 is 0 Å². The van der Waals surface area contributed by atoms with E-state index < -0.39 is 10.7 Å². The average molecular weight is 237 g/mol. The Labute approximate surface area is 97.3 Å². The number of hydrogen-bond donors (Lipinski definition) is 0. The lowest BCUT2D eigenvalue weighted by Gasteiger charge is -2.10. The smallest absolute Gasteiger partial charge is 0.311 e. The summed E-state index contributed by atoms with van der Waals surface area (Å²) in [7, 11) is 0. The molecule has 1 rings (SSSR count). The molecule has 0 aliphatic heterocycles. The van der Waals surface area contributed by atoms with Gasteiger partial charge in [0.1, 0.15) is 0 Å². The van der Waals surface area contributed by atoms with Crippen molar-refractivity contribution < 1.29 is 19.2 Å². The van der Waals surface area contributed by atoms with Gasteiger partial charge < -0.3 is 4.74 Å². The normalized spacial score (nSPS) is 9.76. The molecule has 0 bridgehead atoms. The molecule has 1 aromatic carbocycles. The molecule has 0 heterocycles. The zero-order valence-corrected chi connectivity index (χ0v) is 9.43. The van der Waals surface area contributed by atoms with Crippen molar-refractivity contribution in [3.05, 3.63) is 33.4 Å². The fourth-order valence-electron chi connectivity index (χ4n) is 1.48. The molecular weight excluding hydrogens is 226 g/mol. The third-order valence-electron chi connectivity index (χ3n) is 2.13. The van der Waals surface area contributed by atoms with Crippen molar-refractivity contribution in [3.63, 3.8) is 0 Å². The lowest BCUT2D eigenvalue weighted by molar-refractivity contribution is -0.385. The second kappa shape index (κ2) is 5.20. The van der Waals surface area contributed by atoms with Crippen molar-refractivity contribution >= 4 is 17.8 Å². The highest BCUT2D eigenvalue weighted by atomic mass is 16.6. The number of aldehydes is 1. The third kappa shape index (κ3) is 2.47. The zero-order valence-electron chi connectivity index (χ0n) is 9.43. The molecular formula is C11H11NO5. The largest absolute Gasteiger partial charge is 0.487 e. The second-order valence-corrected chi connectivity index (χ2v) is 3.24. The van der Waals surface area contributed by atoms with Crippen molar-refractivity contribution in [2.45, 2.75) is 13.8 Å². The number of rotatable bonds is 5. The number of carbonyl (C=O) groups is 2. The number of nitro groups is 1. The molecule has 0 amide bonds. The van der Waals surface area contributed by atoms with Gasteiger partial charge in [-0.1, -0.05) is 0 Å². The maximum Gasteiger partial charge on any atom is 0.311 e. The van der Waals surface area contributed by atoms with Gasteiger partial charge in [-0.15, -0.1) is 0 Å². The van der Waals surface area contributed by atoms with Gasteiger partial charge in [-0.25, -0.2) is 0 Å². The first kappa shape index (κ1) is 12.8. The van der Waals surface area contributed by atoms with Crippen molar-refractivity contribution in [2.24, 2.45) is 0 Å². The first-order valence-corrected chi connectivity index (χ1v) is 4.93. The van der Waals surface area contributed by atoms with Gasteiger partial charge in [-0.2, -0.15) is 0 Å². The van der Waals surface area contributed by atoms with Gasteiger partial charge in [-0.3, -0.25) is 19.7 Å². The van der Waals surface area contributed by atoms with Crippen molar-refractivity contribution in [1.29, 1.82) is 0 Å². The van der Waals surface area contributed by atoms with E-state index in [1.54, 1.807) is 6.92 Å². The van der Waals surface area contributed by atoms with Gasteiger partial charge in [0, 0.05) is 11.6 Å². The first-order valence-electron chi connectivity index (χ1n) is 4.93. The van der Waals surface area contributed by atoms with Gasteiger partial charge in [0.15, 0.2) is 12.1 Å². The molecule has 0 spiro atoms. The summed E-state index contributed by atoms with van der Waals surface area (Å²) in [6.07, 6.45) is 0.475. The fraction of sp³-hybridized carbons (Fsp3) is 0.273. The van der Waals surface area contributed by atoms with E-state index in [0.717, 1.165) is 6.07 Å². The number of hydrogen-bond acceptors (Lipinski definition) is 5. The zero-order chi connectivity index (χ0) is 13.0. The summed E-state index contributed by atoms with van der Waals surface area (Å²) in [6.45, 7) is 3.04. The minimum absolute atomic E-state index is 0.0453. The molecule has 17 heavy (non-hydrogen) atoms. The monoisotopic (exact) mass is 237 g/mol. The SMILES string of the molecule is CCOc1c([N+](=O)[O-])ccc(C=O)c1C(C)=O. The van der Waals surface area contributed by atoms with Crippen LogP contribution in [0.2, 0.25) is 0 Å². The van der Waals surface area contributed by atoms with Crippen LogP contribution in [0.25, 0.3) is 0 Å². The van der Waals surface area contributed by atoms with Crippen molar-refractivity contribution in [2.75, 3.05) is 6.61 Å². The molecule has 0 saturated carbocycles. The molecule has 6 heteroatoms. The number of ether oxygens (including phenoxy) is 1. The summed E-state index contributed by atoms with van der Waals surface area (Å²) in [5.74, 6) is -0.589. The number of nitrogens with zero attached hydrogens (tertiary/aromatic N) is 1. The quantitative estimate of drug-likeness (QED) is 0.338. The lowest BCUT2D eigenvalue weighted by atomic mass is 10.0. The first-order chi connectivity index (χ1) is 8.02. The Hall–Kier alpha value is -2.24. The number of carbonyl (C=O) groups excluding carboxylic acids is 2. The highest BCUT2D eigenvalue weighted by Crippen LogP contribution is 2.33. The molecule has 1 aromatic rings. The highest BCUT2D eigenvalue weighted by Gasteiger charge is 2.24. The summed E-state index contributed by atoms with van der Waals surface area (Å²) in [5.41, 5.74) is -0.273. The molecule has 0 fully saturated rings. The number of benzene rings is 1. The standard InChI is InChI=1S/C11H11NO5/c1-3-17-11-9(12(15)16)5-4-8(6-13)10(11)7(2)14/h4-6H,3H2,1-2H3. The Morgan fingerprint density at radius 2 is 2.18 bits per heavy atom. The van der Waals surface area contributed by atoms with E-state index in [1.807, 2.05) is 0 Å². The van der Waals surface area contributed by atoms with Gasteiger partial charge in [0.25, 0.3) is 0 Å². The molecule has 0 aliphatic rings. The van der Waals surface area contributed by atoms with Crippen LogP contribution in [0.3, 0.4) is 0 Å².